The lowest BCUT2D eigenvalue weighted by atomic mass is 10.1. The lowest BCUT2D eigenvalue weighted by molar-refractivity contribution is 0.0951. The Labute approximate surface area is 157 Å². The van der Waals surface area contributed by atoms with Crippen LogP contribution in [0.2, 0.25) is 0 Å². The number of ether oxygens (including phenoxy) is 3. The Bertz CT molecular complexity index is 880. The Morgan fingerprint density at radius 2 is 1.70 bits per heavy atom. The summed E-state index contributed by atoms with van der Waals surface area (Å²) in [6.45, 7) is 0.330. The molecule has 140 valence electrons. The van der Waals surface area contributed by atoms with Crippen molar-refractivity contribution in [3.8, 4) is 22.9 Å². The van der Waals surface area contributed by atoms with Gasteiger partial charge in [-0.1, -0.05) is 0 Å². The van der Waals surface area contributed by atoms with Gasteiger partial charge in [0.2, 0.25) is 5.75 Å². The Morgan fingerprint density at radius 1 is 1.04 bits per heavy atom. The number of aromatic nitrogens is 2. The third-order valence-corrected chi connectivity index (χ3v) is 4.08. The molecule has 1 heterocycles. The summed E-state index contributed by atoms with van der Waals surface area (Å²) in [5.74, 6) is 1.44. The van der Waals surface area contributed by atoms with Crippen LogP contribution in [-0.2, 0) is 6.54 Å². The van der Waals surface area contributed by atoms with E-state index in [0.717, 1.165) is 11.3 Å². The molecule has 0 bridgehead atoms. The highest BCUT2D eigenvalue weighted by Gasteiger charge is 2.14. The van der Waals surface area contributed by atoms with E-state index >= 15 is 0 Å². The molecule has 7 nitrogen and oxygen atoms in total. The quantitative estimate of drug-likeness (QED) is 0.695. The van der Waals surface area contributed by atoms with Gasteiger partial charge < -0.3 is 19.5 Å². The van der Waals surface area contributed by atoms with E-state index in [4.69, 9.17) is 14.2 Å². The molecule has 0 saturated carbocycles. The average molecular weight is 367 g/mol. The number of nitrogens with one attached hydrogen (secondary N) is 1. The molecule has 0 spiro atoms. The Kier molecular flexibility index (Phi) is 5.61. The van der Waals surface area contributed by atoms with Gasteiger partial charge >= 0.3 is 0 Å². The molecular formula is C20H21N3O4. The molecule has 7 heteroatoms. The standard InChI is InChI=1S/C20H21N3O4/c1-25-17-11-14(12-18(26-2)19(17)27-3)13-21-20(24)15-5-7-16(8-6-15)23-10-4-9-22-23/h4-12H,13H2,1-3H3,(H,21,24). The first kappa shape index (κ1) is 18.3. The van der Waals surface area contributed by atoms with Gasteiger partial charge in [-0.25, -0.2) is 4.68 Å². The zero-order valence-corrected chi connectivity index (χ0v) is 15.4. The van der Waals surface area contributed by atoms with Crippen molar-refractivity contribution in [2.75, 3.05) is 21.3 Å². The highest BCUT2D eigenvalue weighted by Crippen LogP contribution is 2.38. The van der Waals surface area contributed by atoms with Gasteiger partial charge in [0.15, 0.2) is 11.5 Å². The van der Waals surface area contributed by atoms with Crippen molar-refractivity contribution in [1.82, 2.24) is 15.1 Å². The van der Waals surface area contributed by atoms with Crippen molar-refractivity contribution < 1.29 is 19.0 Å². The number of amides is 1. The summed E-state index contributed by atoms with van der Waals surface area (Å²) in [5.41, 5.74) is 2.30. The topological polar surface area (TPSA) is 74.6 Å². The molecule has 3 aromatic rings. The third kappa shape index (κ3) is 4.03. The number of hydrogen-bond donors (Lipinski definition) is 1. The summed E-state index contributed by atoms with van der Waals surface area (Å²) in [6.07, 6.45) is 3.55. The van der Waals surface area contributed by atoms with Gasteiger partial charge in [0.05, 0.1) is 27.0 Å². The lowest BCUT2D eigenvalue weighted by Gasteiger charge is -2.14. The minimum absolute atomic E-state index is 0.171. The first-order valence-electron chi connectivity index (χ1n) is 8.33. The summed E-state index contributed by atoms with van der Waals surface area (Å²) in [5, 5.41) is 7.06. The zero-order valence-electron chi connectivity index (χ0n) is 15.4. The minimum atomic E-state index is -0.171. The molecule has 0 aliphatic heterocycles. The van der Waals surface area contributed by atoms with Crippen LogP contribution in [0.3, 0.4) is 0 Å². The van der Waals surface area contributed by atoms with Gasteiger partial charge in [0.25, 0.3) is 5.91 Å². The molecule has 1 N–H and O–H groups in total. The van der Waals surface area contributed by atoms with Crippen molar-refractivity contribution >= 4 is 5.91 Å². The summed E-state index contributed by atoms with van der Waals surface area (Å²) in [4.78, 5) is 12.4. The molecular weight excluding hydrogens is 346 g/mol. The predicted molar refractivity (Wildman–Crippen MR) is 101 cm³/mol. The van der Waals surface area contributed by atoms with Gasteiger partial charge in [-0.05, 0) is 48.0 Å². The maximum Gasteiger partial charge on any atom is 0.251 e. The molecule has 1 aromatic heterocycles. The van der Waals surface area contributed by atoms with Crippen LogP contribution in [-0.4, -0.2) is 37.0 Å². The van der Waals surface area contributed by atoms with Crippen LogP contribution in [0, 0.1) is 0 Å². The van der Waals surface area contributed by atoms with Gasteiger partial charge in [-0.15, -0.1) is 0 Å². The van der Waals surface area contributed by atoms with E-state index in [-0.39, 0.29) is 5.91 Å². The van der Waals surface area contributed by atoms with Crippen molar-refractivity contribution in [3.63, 3.8) is 0 Å². The SMILES string of the molecule is COc1cc(CNC(=O)c2ccc(-n3cccn3)cc2)cc(OC)c1OC. The van der Waals surface area contributed by atoms with Crippen LogP contribution in [0.1, 0.15) is 15.9 Å². The number of benzene rings is 2. The maximum atomic E-state index is 12.4. The second kappa shape index (κ2) is 8.27. The van der Waals surface area contributed by atoms with Crippen molar-refractivity contribution in [3.05, 3.63) is 66.0 Å². The first-order valence-corrected chi connectivity index (χ1v) is 8.33. The molecule has 1 amide bonds. The fraction of sp³-hybridized carbons (Fsp3) is 0.200. The fourth-order valence-corrected chi connectivity index (χ4v) is 2.71. The summed E-state index contributed by atoms with van der Waals surface area (Å²) in [6, 6.07) is 12.7. The van der Waals surface area contributed by atoms with Gasteiger partial charge in [-0.3, -0.25) is 4.79 Å². The molecule has 0 saturated heterocycles. The normalized spacial score (nSPS) is 10.3. The van der Waals surface area contributed by atoms with Crippen molar-refractivity contribution in [2.45, 2.75) is 6.54 Å². The van der Waals surface area contributed by atoms with Crippen molar-refractivity contribution in [1.29, 1.82) is 0 Å². The third-order valence-electron chi connectivity index (χ3n) is 4.08. The van der Waals surface area contributed by atoms with E-state index in [2.05, 4.69) is 10.4 Å². The average Bonchev–Trinajstić information content (AvgIpc) is 3.26. The molecule has 3 rings (SSSR count). The van der Waals surface area contributed by atoms with Crippen LogP contribution in [0.5, 0.6) is 17.2 Å². The number of carbonyl (C=O) groups is 1. The second-order valence-electron chi connectivity index (χ2n) is 5.71. The molecule has 0 aliphatic rings. The first-order chi connectivity index (χ1) is 13.2. The van der Waals surface area contributed by atoms with Crippen molar-refractivity contribution in [2.24, 2.45) is 0 Å². The van der Waals surface area contributed by atoms with E-state index in [1.807, 2.05) is 36.5 Å². The minimum Gasteiger partial charge on any atom is -0.493 e. The maximum absolute atomic E-state index is 12.4. The molecule has 27 heavy (non-hydrogen) atoms. The second-order valence-corrected chi connectivity index (χ2v) is 5.71. The predicted octanol–water partition coefficient (Wildman–Crippen LogP) is 2.83. The molecule has 0 fully saturated rings. The highest BCUT2D eigenvalue weighted by molar-refractivity contribution is 5.94. The number of nitrogens with zero attached hydrogens (tertiary/aromatic N) is 2. The van der Waals surface area contributed by atoms with Crippen LogP contribution in [0.15, 0.2) is 54.9 Å². The van der Waals surface area contributed by atoms with E-state index in [1.165, 1.54) is 0 Å². The van der Waals surface area contributed by atoms with Crippen LogP contribution >= 0.6 is 0 Å². The molecule has 0 unspecified atom stereocenters. The fourth-order valence-electron chi connectivity index (χ4n) is 2.71. The number of carbonyl (C=O) groups excluding carboxylic acids is 1. The monoisotopic (exact) mass is 367 g/mol. The molecule has 0 radical (unpaired) electrons. The van der Waals surface area contributed by atoms with Gasteiger partial charge in [-0.2, -0.15) is 5.10 Å². The Hall–Kier alpha value is -3.48. The zero-order chi connectivity index (χ0) is 19.2. The van der Waals surface area contributed by atoms with Crippen LogP contribution < -0.4 is 19.5 Å². The number of rotatable bonds is 7. The summed E-state index contributed by atoms with van der Waals surface area (Å²) < 4.78 is 17.7. The van der Waals surface area contributed by atoms with E-state index < -0.39 is 0 Å². The molecule has 2 aromatic carbocycles. The van der Waals surface area contributed by atoms with Gasteiger partial charge in [0, 0.05) is 24.5 Å². The van der Waals surface area contributed by atoms with Gasteiger partial charge in [0.1, 0.15) is 0 Å². The number of methoxy groups -OCH3 is 3. The summed E-state index contributed by atoms with van der Waals surface area (Å²) >= 11 is 0. The van der Waals surface area contributed by atoms with Crippen LogP contribution in [0.25, 0.3) is 5.69 Å². The summed E-state index contributed by atoms with van der Waals surface area (Å²) in [7, 11) is 4.66. The Balaban J connectivity index is 1.70. The highest BCUT2D eigenvalue weighted by atomic mass is 16.5. The molecule has 0 atom stereocenters. The van der Waals surface area contributed by atoms with E-state index in [9.17, 15) is 4.79 Å². The van der Waals surface area contributed by atoms with Crippen LogP contribution in [0.4, 0.5) is 0 Å². The Morgan fingerprint density at radius 3 is 2.22 bits per heavy atom. The largest absolute Gasteiger partial charge is 0.493 e. The van der Waals surface area contributed by atoms with E-state index in [0.29, 0.717) is 29.4 Å². The van der Waals surface area contributed by atoms with E-state index in [1.54, 1.807) is 44.3 Å². The number of hydrogen-bond acceptors (Lipinski definition) is 5. The molecule has 0 aliphatic carbocycles. The smallest absolute Gasteiger partial charge is 0.251 e. The lowest BCUT2D eigenvalue weighted by Crippen LogP contribution is -2.22.